The van der Waals surface area contributed by atoms with E-state index in [2.05, 4.69) is 49.3 Å². The molecule has 0 aliphatic carbocycles. The van der Waals surface area contributed by atoms with Crippen molar-refractivity contribution in [3.63, 3.8) is 0 Å². The zero-order valence-corrected chi connectivity index (χ0v) is 16.8. The maximum atomic E-state index is 12.0. The van der Waals surface area contributed by atoms with Gasteiger partial charge in [-0.05, 0) is 49.4 Å². The minimum absolute atomic E-state index is 0.0611. The minimum Gasteiger partial charge on any atom is -0.368 e. The van der Waals surface area contributed by atoms with E-state index in [0.29, 0.717) is 37.0 Å². The number of anilines is 3. The van der Waals surface area contributed by atoms with Gasteiger partial charge in [0.1, 0.15) is 23.3 Å². The van der Waals surface area contributed by atoms with Crippen LogP contribution in [0.5, 0.6) is 0 Å². The van der Waals surface area contributed by atoms with Crippen LogP contribution < -0.4 is 16.0 Å². The van der Waals surface area contributed by atoms with E-state index < -0.39 is 0 Å². The van der Waals surface area contributed by atoms with Crippen LogP contribution in [0.4, 0.5) is 17.5 Å². The third-order valence-corrected chi connectivity index (χ3v) is 5.14. The Balaban J connectivity index is 1.43. The number of hydrogen-bond acceptors (Lipinski definition) is 7. The molecule has 3 aromatic rings. The molecular weight excluding hydrogens is 372 g/mol. The SMILES string of the molecule is Cc1nc(NCCNC(=O)CCc2sccc2C)cc(Nc2ccccn2)n1. The monoisotopic (exact) mass is 396 g/mol. The van der Waals surface area contributed by atoms with Gasteiger partial charge in [0.15, 0.2) is 0 Å². The molecule has 0 radical (unpaired) electrons. The number of carbonyl (C=O) groups is 1. The van der Waals surface area contributed by atoms with Gasteiger partial charge in [0, 0.05) is 36.7 Å². The Morgan fingerprint density at radius 3 is 2.68 bits per heavy atom. The lowest BCUT2D eigenvalue weighted by Crippen LogP contribution is -2.29. The molecular formula is C20H24N6OS. The number of pyridine rings is 1. The number of thiophene rings is 1. The molecule has 0 saturated carbocycles. The fraction of sp³-hybridized carbons (Fsp3) is 0.300. The van der Waals surface area contributed by atoms with Crippen molar-refractivity contribution in [2.24, 2.45) is 0 Å². The van der Waals surface area contributed by atoms with Crippen LogP contribution in [0.2, 0.25) is 0 Å². The van der Waals surface area contributed by atoms with Gasteiger partial charge in [-0.1, -0.05) is 6.07 Å². The number of aryl methyl sites for hydroxylation is 3. The highest BCUT2D eigenvalue weighted by atomic mass is 32.1. The van der Waals surface area contributed by atoms with Crippen LogP contribution in [0.3, 0.4) is 0 Å². The van der Waals surface area contributed by atoms with Crippen LogP contribution in [0.1, 0.15) is 22.7 Å². The Hall–Kier alpha value is -3.00. The van der Waals surface area contributed by atoms with E-state index in [4.69, 9.17) is 0 Å². The average Bonchev–Trinajstić information content (AvgIpc) is 3.09. The van der Waals surface area contributed by atoms with Crippen molar-refractivity contribution in [3.8, 4) is 0 Å². The Morgan fingerprint density at radius 2 is 1.93 bits per heavy atom. The van der Waals surface area contributed by atoms with Crippen LogP contribution in [0.25, 0.3) is 0 Å². The Labute approximate surface area is 168 Å². The van der Waals surface area contributed by atoms with Gasteiger partial charge in [0.2, 0.25) is 5.91 Å². The molecule has 0 fully saturated rings. The average molecular weight is 397 g/mol. The smallest absolute Gasteiger partial charge is 0.220 e. The molecule has 0 aromatic carbocycles. The van der Waals surface area contributed by atoms with E-state index in [1.807, 2.05) is 31.2 Å². The second kappa shape index (κ2) is 9.80. The maximum absolute atomic E-state index is 12.0. The molecule has 0 aliphatic rings. The van der Waals surface area contributed by atoms with Gasteiger partial charge in [-0.2, -0.15) is 0 Å². The molecule has 0 spiro atoms. The summed E-state index contributed by atoms with van der Waals surface area (Å²) in [4.78, 5) is 26.3. The number of nitrogens with one attached hydrogen (secondary N) is 3. The zero-order chi connectivity index (χ0) is 19.8. The summed E-state index contributed by atoms with van der Waals surface area (Å²) in [6, 6.07) is 9.55. The second-order valence-electron chi connectivity index (χ2n) is 6.33. The number of amides is 1. The molecule has 0 saturated heterocycles. The van der Waals surface area contributed by atoms with E-state index in [1.165, 1.54) is 10.4 Å². The predicted molar refractivity (Wildman–Crippen MR) is 113 cm³/mol. The van der Waals surface area contributed by atoms with Crippen molar-refractivity contribution in [1.82, 2.24) is 20.3 Å². The molecule has 28 heavy (non-hydrogen) atoms. The minimum atomic E-state index is 0.0611. The summed E-state index contributed by atoms with van der Waals surface area (Å²) in [5.74, 6) is 2.81. The largest absolute Gasteiger partial charge is 0.368 e. The summed E-state index contributed by atoms with van der Waals surface area (Å²) < 4.78 is 0. The normalized spacial score (nSPS) is 10.5. The van der Waals surface area contributed by atoms with E-state index in [1.54, 1.807) is 17.5 Å². The highest BCUT2D eigenvalue weighted by molar-refractivity contribution is 7.10. The third-order valence-electron chi connectivity index (χ3n) is 4.06. The van der Waals surface area contributed by atoms with Crippen molar-refractivity contribution in [2.45, 2.75) is 26.7 Å². The number of nitrogens with zero attached hydrogens (tertiary/aromatic N) is 3. The van der Waals surface area contributed by atoms with Crippen LogP contribution in [0, 0.1) is 13.8 Å². The molecule has 3 N–H and O–H groups in total. The molecule has 3 aromatic heterocycles. The molecule has 0 unspecified atom stereocenters. The summed E-state index contributed by atoms with van der Waals surface area (Å²) in [5.41, 5.74) is 1.26. The van der Waals surface area contributed by atoms with Gasteiger partial charge in [0.25, 0.3) is 0 Å². The van der Waals surface area contributed by atoms with Gasteiger partial charge in [-0.15, -0.1) is 11.3 Å². The highest BCUT2D eigenvalue weighted by Gasteiger charge is 2.06. The van der Waals surface area contributed by atoms with Gasteiger partial charge >= 0.3 is 0 Å². The van der Waals surface area contributed by atoms with Crippen molar-refractivity contribution >= 4 is 34.7 Å². The number of carbonyl (C=O) groups excluding carboxylic acids is 1. The number of hydrogen-bond donors (Lipinski definition) is 3. The maximum Gasteiger partial charge on any atom is 0.220 e. The summed E-state index contributed by atoms with van der Waals surface area (Å²) >= 11 is 1.70. The van der Waals surface area contributed by atoms with Gasteiger partial charge in [-0.3, -0.25) is 4.79 Å². The summed E-state index contributed by atoms with van der Waals surface area (Å²) in [6.45, 7) is 5.04. The molecule has 0 bridgehead atoms. The first-order valence-electron chi connectivity index (χ1n) is 9.17. The van der Waals surface area contributed by atoms with Gasteiger partial charge < -0.3 is 16.0 Å². The van der Waals surface area contributed by atoms with Gasteiger partial charge in [-0.25, -0.2) is 15.0 Å². The highest BCUT2D eigenvalue weighted by Crippen LogP contribution is 2.17. The molecule has 7 nitrogen and oxygen atoms in total. The first kappa shape index (κ1) is 19.8. The molecule has 8 heteroatoms. The van der Waals surface area contributed by atoms with Crippen molar-refractivity contribution < 1.29 is 4.79 Å². The van der Waals surface area contributed by atoms with Crippen molar-refractivity contribution in [2.75, 3.05) is 23.7 Å². The topological polar surface area (TPSA) is 91.8 Å². The van der Waals surface area contributed by atoms with Crippen LogP contribution in [-0.4, -0.2) is 33.9 Å². The fourth-order valence-electron chi connectivity index (χ4n) is 2.66. The van der Waals surface area contributed by atoms with Gasteiger partial charge in [0.05, 0.1) is 0 Å². The standard InChI is InChI=1S/C20H24N6OS/c1-14-8-12-28-16(14)6-7-20(27)23-11-10-22-18-13-19(25-15(2)24-18)26-17-5-3-4-9-21-17/h3-5,8-9,12-13H,6-7,10-11H2,1-2H3,(H,23,27)(H2,21,22,24,25,26). The molecule has 0 aliphatic heterocycles. The number of aromatic nitrogens is 3. The molecule has 1 amide bonds. The fourth-order valence-corrected chi connectivity index (χ4v) is 3.57. The Bertz CT molecular complexity index is 912. The summed E-state index contributed by atoms with van der Waals surface area (Å²) in [5, 5.41) is 11.4. The molecule has 3 heterocycles. The Morgan fingerprint density at radius 1 is 1.07 bits per heavy atom. The van der Waals surface area contributed by atoms with Crippen molar-refractivity contribution in [1.29, 1.82) is 0 Å². The molecule has 0 atom stereocenters. The first-order chi connectivity index (χ1) is 13.6. The third kappa shape index (κ3) is 6.02. The second-order valence-corrected chi connectivity index (χ2v) is 7.33. The van der Waals surface area contributed by atoms with Crippen LogP contribution >= 0.6 is 11.3 Å². The Kier molecular flexibility index (Phi) is 6.91. The van der Waals surface area contributed by atoms with E-state index in [-0.39, 0.29) is 5.91 Å². The zero-order valence-electron chi connectivity index (χ0n) is 16.0. The molecule has 146 valence electrons. The lowest BCUT2D eigenvalue weighted by atomic mass is 10.2. The lowest BCUT2D eigenvalue weighted by molar-refractivity contribution is -0.120. The quantitative estimate of drug-likeness (QED) is 0.480. The molecule has 3 rings (SSSR count). The summed E-state index contributed by atoms with van der Waals surface area (Å²) in [7, 11) is 0. The van der Waals surface area contributed by atoms with E-state index in [0.717, 1.165) is 12.2 Å². The van der Waals surface area contributed by atoms with E-state index in [9.17, 15) is 4.79 Å². The number of rotatable bonds is 9. The van der Waals surface area contributed by atoms with Crippen LogP contribution in [-0.2, 0) is 11.2 Å². The summed E-state index contributed by atoms with van der Waals surface area (Å²) in [6.07, 6.45) is 3.01. The van der Waals surface area contributed by atoms with Crippen LogP contribution in [0.15, 0.2) is 41.9 Å². The van der Waals surface area contributed by atoms with E-state index >= 15 is 0 Å². The first-order valence-corrected chi connectivity index (χ1v) is 10.1. The van der Waals surface area contributed by atoms with Crippen molar-refractivity contribution in [3.05, 3.63) is 58.2 Å². The lowest BCUT2D eigenvalue weighted by Gasteiger charge is -2.10. The predicted octanol–water partition coefficient (Wildman–Crippen LogP) is 3.45.